The van der Waals surface area contributed by atoms with Gasteiger partial charge in [-0.05, 0) is 18.2 Å². The number of fused-ring (bicyclic) bond motifs is 2. The first kappa shape index (κ1) is 10.9. The highest BCUT2D eigenvalue weighted by Gasteiger charge is 2.06. The maximum Gasteiger partial charge on any atom is 0.247 e. The molecule has 1 aromatic carbocycles. The van der Waals surface area contributed by atoms with Crippen LogP contribution in [-0.2, 0) is 7.05 Å². The van der Waals surface area contributed by atoms with E-state index in [0.717, 1.165) is 16.7 Å². The predicted octanol–water partition coefficient (Wildman–Crippen LogP) is 1.15. The van der Waals surface area contributed by atoms with E-state index in [1.165, 1.54) is 0 Å². The van der Waals surface area contributed by atoms with E-state index >= 15 is 0 Å². The van der Waals surface area contributed by atoms with Crippen LogP contribution in [0.4, 0.5) is 11.6 Å². The van der Waals surface area contributed by atoms with Gasteiger partial charge in [0.15, 0.2) is 5.65 Å². The van der Waals surface area contributed by atoms with Crippen LogP contribution in [0.2, 0.25) is 0 Å². The van der Waals surface area contributed by atoms with Gasteiger partial charge in [-0.25, -0.2) is 9.20 Å². The van der Waals surface area contributed by atoms with Crippen LogP contribution >= 0.6 is 0 Å². The maximum atomic E-state index is 4.34. The monoisotopic (exact) mass is 266 g/mol. The van der Waals surface area contributed by atoms with Crippen LogP contribution in [0.3, 0.4) is 0 Å². The van der Waals surface area contributed by atoms with Gasteiger partial charge in [-0.2, -0.15) is 4.98 Å². The highest BCUT2D eigenvalue weighted by Crippen LogP contribution is 2.19. The van der Waals surface area contributed by atoms with Gasteiger partial charge in [-0.1, -0.05) is 5.21 Å². The molecule has 1 N–H and O–H groups in total. The summed E-state index contributed by atoms with van der Waals surface area (Å²) >= 11 is 0. The van der Waals surface area contributed by atoms with Gasteiger partial charge in [0.1, 0.15) is 5.52 Å². The molecule has 0 saturated heterocycles. The molecule has 0 atom stereocenters. The van der Waals surface area contributed by atoms with Crippen LogP contribution in [0.1, 0.15) is 0 Å². The zero-order chi connectivity index (χ0) is 13.5. The molecular formula is C12H10N8. The number of hydrogen-bond donors (Lipinski definition) is 1. The third kappa shape index (κ3) is 1.66. The summed E-state index contributed by atoms with van der Waals surface area (Å²) in [5.41, 5.74) is 3.37. The number of aromatic nitrogens is 7. The van der Waals surface area contributed by atoms with Crippen LogP contribution in [0.5, 0.6) is 0 Å². The molecular weight excluding hydrogens is 256 g/mol. The van der Waals surface area contributed by atoms with E-state index in [2.05, 4.69) is 30.7 Å². The number of aryl methyl sites for hydroxylation is 1. The lowest BCUT2D eigenvalue weighted by Gasteiger charge is -2.01. The first-order chi connectivity index (χ1) is 9.79. The molecule has 3 heterocycles. The Morgan fingerprint density at radius 2 is 2.20 bits per heavy atom. The molecule has 4 aromatic rings. The summed E-state index contributed by atoms with van der Waals surface area (Å²) < 4.78 is 3.39. The topological polar surface area (TPSA) is 85.8 Å². The standard InChI is InChI=1S/C12H10N8/c1-19-10-6-8(2-3-9(10)16-18-19)14-12-15-11-7-13-4-5-20(11)17-12/h2-7H,1H3,(H,14,17). The molecule has 3 aromatic heterocycles. The molecule has 0 aliphatic heterocycles. The molecule has 98 valence electrons. The summed E-state index contributed by atoms with van der Waals surface area (Å²) in [6.45, 7) is 0. The fraction of sp³-hybridized carbons (Fsp3) is 0.0833. The molecule has 0 radical (unpaired) electrons. The van der Waals surface area contributed by atoms with Gasteiger partial charge in [0.2, 0.25) is 5.95 Å². The molecule has 20 heavy (non-hydrogen) atoms. The van der Waals surface area contributed by atoms with Crippen LogP contribution < -0.4 is 5.32 Å². The first-order valence-corrected chi connectivity index (χ1v) is 6.02. The van der Waals surface area contributed by atoms with Crippen LogP contribution in [0.15, 0.2) is 36.8 Å². The lowest BCUT2D eigenvalue weighted by atomic mass is 10.3. The quantitative estimate of drug-likeness (QED) is 0.585. The maximum absolute atomic E-state index is 4.34. The van der Waals surface area contributed by atoms with Crippen LogP contribution in [0, 0.1) is 0 Å². The normalized spacial score (nSPS) is 11.2. The highest BCUT2D eigenvalue weighted by atomic mass is 15.4. The summed E-state index contributed by atoms with van der Waals surface area (Å²) in [6, 6.07) is 5.78. The van der Waals surface area contributed by atoms with Crippen molar-refractivity contribution in [1.29, 1.82) is 0 Å². The minimum atomic E-state index is 0.521. The summed E-state index contributed by atoms with van der Waals surface area (Å²) in [6.07, 6.45) is 5.08. The highest BCUT2D eigenvalue weighted by molar-refractivity contribution is 5.79. The van der Waals surface area contributed by atoms with Crippen molar-refractivity contribution in [1.82, 2.24) is 34.6 Å². The Morgan fingerprint density at radius 1 is 1.25 bits per heavy atom. The van der Waals surface area contributed by atoms with Crippen molar-refractivity contribution in [2.75, 3.05) is 5.32 Å². The number of nitrogens with one attached hydrogen (secondary N) is 1. The molecule has 8 heteroatoms. The van der Waals surface area contributed by atoms with Gasteiger partial charge in [0.05, 0.1) is 11.7 Å². The van der Waals surface area contributed by atoms with Crippen molar-refractivity contribution in [3.63, 3.8) is 0 Å². The van der Waals surface area contributed by atoms with E-state index < -0.39 is 0 Å². The Bertz CT molecular complexity index is 873. The van der Waals surface area contributed by atoms with E-state index in [1.807, 2.05) is 25.2 Å². The van der Waals surface area contributed by atoms with E-state index in [-0.39, 0.29) is 0 Å². The van der Waals surface area contributed by atoms with Gasteiger partial charge < -0.3 is 5.32 Å². The Morgan fingerprint density at radius 3 is 3.10 bits per heavy atom. The fourth-order valence-corrected chi connectivity index (χ4v) is 2.03. The molecule has 0 spiro atoms. The summed E-state index contributed by atoms with van der Waals surface area (Å²) in [7, 11) is 1.86. The number of hydrogen-bond acceptors (Lipinski definition) is 6. The lowest BCUT2D eigenvalue weighted by molar-refractivity contribution is 0.736. The average molecular weight is 266 g/mol. The SMILES string of the molecule is Cn1nnc2ccc(Nc3nc4cnccn4n3)cc21. The summed E-state index contributed by atoms with van der Waals surface area (Å²) in [4.78, 5) is 8.35. The first-order valence-electron chi connectivity index (χ1n) is 6.02. The van der Waals surface area contributed by atoms with Crippen molar-refractivity contribution < 1.29 is 0 Å². The Balaban J connectivity index is 1.74. The van der Waals surface area contributed by atoms with Crippen molar-refractivity contribution >= 4 is 28.3 Å². The Labute approximate surface area is 113 Å². The summed E-state index contributed by atoms with van der Waals surface area (Å²) in [5, 5.41) is 15.5. The van der Waals surface area contributed by atoms with Crippen molar-refractivity contribution in [3.8, 4) is 0 Å². The molecule has 0 aliphatic carbocycles. The second-order valence-corrected chi connectivity index (χ2v) is 4.36. The lowest BCUT2D eigenvalue weighted by Crippen LogP contribution is -1.94. The van der Waals surface area contributed by atoms with Gasteiger partial charge >= 0.3 is 0 Å². The number of anilines is 2. The van der Waals surface area contributed by atoms with E-state index in [4.69, 9.17) is 0 Å². The number of benzene rings is 1. The fourth-order valence-electron chi connectivity index (χ4n) is 2.03. The molecule has 0 saturated carbocycles. The van der Waals surface area contributed by atoms with E-state index in [9.17, 15) is 0 Å². The number of nitrogens with zero attached hydrogens (tertiary/aromatic N) is 7. The smallest absolute Gasteiger partial charge is 0.247 e. The summed E-state index contributed by atoms with van der Waals surface area (Å²) in [5.74, 6) is 0.521. The van der Waals surface area contributed by atoms with Gasteiger partial charge in [-0.15, -0.1) is 10.2 Å². The minimum Gasteiger partial charge on any atom is -0.323 e. The van der Waals surface area contributed by atoms with Crippen molar-refractivity contribution in [2.45, 2.75) is 0 Å². The molecule has 0 aliphatic rings. The molecule has 8 nitrogen and oxygen atoms in total. The number of rotatable bonds is 2. The second kappa shape index (κ2) is 3.98. The van der Waals surface area contributed by atoms with Crippen LogP contribution in [-0.4, -0.2) is 34.6 Å². The second-order valence-electron chi connectivity index (χ2n) is 4.36. The zero-order valence-electron chi connectivity index (χ0n) is 10.6. The predicted molar refractivity (Wildman–Crippen MR) is 72.6 cm³/mol. The van der Waals surface area contributed by atoms with E-state index in [1.54, 1.807) is 27.8 Å². The molecule has 4 rings (SSSR count). The Hall–Kier alpha value is -3.03. The third-order valence-corrected chi connectivity index (χ3v) is 3.01. The van der Waals surface area contributed by atoms with Crippen molar-refractivity contribution in [2.24, 2.45) is 7.05 Å². The molecule has 0 amide bonds. The third-order valence-electron chi connectivity index (χ3n) is 3.01. The van der Waals surface area contributed by atoms with Gasteiger partial charge in [-0.3, -0.25) is 4.98 Å². The Kier molecular flexibility index (Phi) is 2.16. The molecule has 0 bridgehead atoms. The van der Waals surface area contributed by atoms with Gasteiger partial charge in [0, 0.05) is 25.1 Å². The minimum absolute atomic E-state index is 0.521. The zero-order valence-corrected chi connectivity index (χ0v) is 10.6. The van der Waals surface area contributed by atoms with Gasteiger partial charge in [0.25, 0.3) is 0 Å². The van der Waals surface area contributed by atoms with E-state index in [0.29, 0.717) is 11.6 Å². The molecule has 0 unspecified atom stereocenters. The largest absolute Gasteiger partial charge is 0.323 e. The van der Waals surface area contributed by atoms with Crippen LogP contribution in [0.25, 0.3) is 16.7 Å². The average Bonchev–Trinajstić information content (AvgIpc) is 3.02. The van der Waals surface area contributed by atoms with Crippen molar-refractivity contribution in [3.05, 3.63) is 36.8 Å². The molecule has 0 fully saturated rings.